The van der Waals surface area contributed by atoms with Gasteiger partial charge in [-0.15, -0.1) is 0 Å². The Balaban J connectivity index is 2.75. The van der Waals surface area contributed by atoms with Crippen LogP contribution in [0.25, 0.3) is 6.08 Å². The summed E-state index contributed by atoms with van der Waals surface area (Å²) in [6, 6.07) is 7.09. The number of benzene rings is 1. The number of ether oxygens (including phenoxy) is 1. The van der Waals surface area contributed by atoms with Crippen molar-refractivity contribution in [1.29, 1.82) is 0 Å². The van der Waals surface area contributed by atoms with Gasteiger partial charge in [-0.05, 0) is 44.5 Å². The number of halogens is 1. The highest BCUT2D eigenvalue weighted by molar-refractivity contribution is 6.30. The van der Waals surface area contributed by atoms with Crippen molar-refractivity contribution in [1.82, 2.24) is 4.90 Å². The third-order valence-corrected chi connectivity index (χ3v) is 3.01. The lowest BCUT2D eigenvalue weighted by Gasteiger charge is -2.24. The second kappa shape index (κ2) is 8.47. The van der Waals surface area contributed by atoms with Crippen LogP contribution in [0.1, 0.15) is 26.3 Å². The van der Waals surface area contributed by atoms with Crippen LogP contribution in [0.2, 0.25) is 5.02 Å². The van der Waals surface area contributed by atoms with Gasteiger partial charge < -0.3 is 9.64 Å². The monoisotopic (exact) mass is 309 g/mol. The van der Waals surface area contributed by atoms with Crippen molar-refractivity contribution in [2.24, 2.45) is 0 Å². The molecule has 0 bridgehead atoms. The lowest BCUT2D eigenvalue weighted by molar-refractivity contribution is -0.148. The van der Waals surface area contributed by atoms with Gasteiger partial charge in [0.25, 0.3) is 0 Å². The molecule has 0 aliphatic carbocycles. The molecule has 0 spiro atoms. The maximum atomic E-state index is 12.2. The molecule has 4 nitrogen and oxygen atoms in total. The van der Waals surface area contributed by atoms with Crippen LogP contribution in [-0.2, 0) is 14.3 Å². The molecular weight excluding hydrogens is 290 g/mol. The average molecular weight is 310 g/mol. The molecule has 0 saturated heterocycles. The van der Waals surface area contributed by atoms with Gasteiger partial charge in [0.15, 0.2) is 0 Å². The van der Waals surface area contributed by atoms with E-state index in [1.807, 2.05) is 26.0 Å². The second-order valence-corrected chi connectivity index (χ2v) is 5.19. The first-order valence-electron chi connectivity index (χ1n) is 6.84. The van der Waals surface area contributed by atoms with Gasteiger partial charge in [0.1, 0.15) is 6.54 Å². The molecule has 0 aliphatic heterocycles. The standard InChI is InChI=1S/C16H20ClNO3/c1-4-21-16(20)11-18(12(2)3)15(19)9-8-13-6-5-7-14(17)10-13/h5-10,12H,4,11H2,1-3H3/b9-8+. The average Bonchev–Trinajstić information content (AvgIpc) is 2.42. The molecule has 1 aromatic carbocycles. The zero-order valence-electron chi connectivity index (χ0n) is 12.5. The number of rotatable bonds is 6. The van der Waals surface area contributed by atoms with E-state index in [-0.39, 0.29) is 18.5 Å². The summed E-state index contributed by atoms with van der Waals surface area (Å²) in [5.41, 5.74) is 0.829. The fourth-order valence-electron chi connectivity index (χ4n) is 1.73. The second-order valence-electron chi connectivity index (χ2n) is 4.75. The van der Waals surface area contributed by atoms with Crippen LogP contribution in [0.4, 0.5) is 0 Å². The summed E-state index contributed by atoms with van der Waals surface area (Å²) in [6.45, 7) is 5.69. The summed E-state index contributed by atoms with van der Waals surface area (Å²) in [4.78, 5) is 25.2. The van der Waals surface area contributed by atoms with Gasteiger partial charge in [-0.25, -0.2) is 0 Å². The van der Waals surface area contributed by atoms with E-state index in [1.165, 1.54) is 11.0 Å². The van der Waals surface area contributed by atoms with Gasteiger partial charge in [0.2, 0.25) is 5.91 Å². The van der Waals surface area contributed by atoms with Crippen LogP contribution in [0.15, 0.2) is 30.3 Å². The SMILES string of the molecule is CCOC(=O)CN(C(=O)/C=C/c1cccc(Cl)c1)C(C)C. The van der Waals surface area contributed by atoms with E-state index in [1.54, 1.807) is 25.1 Å². The maximum absolute atomic E-state index is 12.2. The third-order valence-electron chi connectivity index (χ3n) is 2.78. The van der Waals surface area contributed by atoms with Crippen LogP contribution in [0.5, 0.6) is 0 Å². The van der Waals surface area contributed by atoms with Crippen molar-refractivity contribution in [3.8, 4) is 0 Å². The van der Waals surface area contributed by atoms with E-state index in [0.29, 0.717) is 11.6 Å². The van der Waals surface area contributed by atoms with E-state index in [9.17, 15) is 9.59 Å². The van der Waals surface area contributed by atoms with Crippen LogP contribution >= 0.6 is 11.6 Å². The lowest BCUT2D eigenvalue weighted by Crippen LogP contribution is -2.40. The van der Waals surface area contributed by atoms with Crippen LogP contribution in [0.3, 0.4) is 0 Å². The zero-order valence-corrected chi connectivity index (χ0v) is 13.3. The molecule has 1 amide bonds. The molecule has 114 valence electrons. The normalized spacial score (nSPS) is 10.9. The predicted octanol–water partition coefficient (Wildman–Crippen LogP) is 3.15. The predicted molar refractivity (Wildman–Crippen MR) is 84.0 cm³/mol. The number of nitrogens with zero attached hydrogens (tertiary/aromatic N) is 1. The molecular formula is C16H20ClNO3. The lowest BCUT2D eigenvalue weighted by atomic mass is 10.2. The van der Waals surface area contributed by atoms with Crippen molar-refractivity contribution in [3.63, 3.8) is 0 Å². The molecule has 0 aromatic heterocycles. The molecule has 1 aromatic rings. The minimum Gasteiger partial charge on any atom is -0.465 e. The molecule has 21 heavy (non-hydrogen) atoms. The Morgan fingerprint density at radius 2 is 2.10 bits per heavy atom. The fraction of sp³-hybridized carbons (Fsp3) is 0.375. The first-order chi connectivity index (χ1) is 9.93. The molecule has 0 atom stereocenters. The Morgan fingerprint density at radius 3 is 2.67 bits per heavy atom. The Bertz CT molecular complexity index is 526. The molecule has 5 heteroatoms. The van der Waals surface area contributed by atoms with E-state index in [4.69, 9.17) is 16.3 Å². The maximum Gasteiger partial charge on any atom is 0.325 e. The highest BCUT2D eigenvalue weighted by Crippen LogP contribution is 2.12. The zero-order chi connectivity index (χ0) is 15.8. The Kier molecular flexibility index (Phi) is 6.96. The topological polar surface area (TPSA) is 46.6 Å². The molecule has 0 saturated carbocycles. The number of esters is 1. The van der Waals surface area contributed by atoms with Crippen molar-refractivity contribution in [3.05, 3.63) is 40.9 Å². The van der Waals surface area contributed by atoms with Crippen molar-refractivity contribution < 1.29 is 14.3 Å². The number of hydrogen-bond acceptors (Lipinski definition) is 3. The molecule has 0 aliphatic rings. The largest absolute Gasteiger partial charge is 0.465 e. The molecule has 0 radical (unpaired) electrons. The van der Waals surface area contributed by atoms with Gasteiger partial charge in [-0.2, -0.15) is 0 Å². The summed E-state index contributed by atoms with van der Waals surface area (Å²) in [7, 11) is 0. The summed E-state index contributed by atoms with van der Waals surface area (Å²) in [5.74, 6) is -0.645. The highest BCUT2D eigenvalue weighted by atomic mass is 35.5. The summed E-state index contributed by atoms with van der Waals surface area (Å²) in [5, 5.41) is 0.608. The van der Waals surface area contributed by atoms with Crippen molar-refractivity contribution >= 4 is 29.6 Å². The molecule has 1 rings (SSSR count). The molecule has 0 fully saturated rings. The Labute approximate surface area is 130 Å². The van der Waals surface area contributed by atoms with Gasteiger partial charge in [-0.1, -0.05) is 23.7 Å². The van der Waals surface area contributed by atoms with Gasteiger partial charge in [0, 0.05) is 17.1 Å². The van der Waals surface area contributed by atoms with Crippen LogP contribution in [0, 0.1) is 0 Å². The number of carbonyl (C=O) groups is 2. The van der Waals surface area contributed by atoms with Gasteiger partial charge in [-0.3, -0.25) is 9.59 Å². The first kappa shape index (κ1) is 17.2. The van der Waals surface area contributed by atoms with Gasteiger partial charge >= 0.3 is 5.97 Å². The first-order valence-corrected chi connectivity index (χ1v) is 7.21. The summed E-state index contributed by atoms with van der Waals surface area (Å²) >= 11 is 5.89. The van der Waals surface area contributed by atoms with E-state index in [2.05, 4.69) is 0 Å². The fourth-order valence-corrected chi connectivity index (χ4v) is 1.93. The van der Waals surface area contributed by atoms with Crippen LogP contribution in [-0.4, -0.2) is 36.0 Å². The Hall–Kier alpha value is -1.81. The molecule has 0 unspecified atom stereocenters. The number of amides is 1. The molecule has 0 N–H and O–H groups in total. The minimum atomic E-state index is -0.407. The van der Waals surface area contributed by atoms with E-state index in [0.717, 1.165) is 5.56 Å². The van der Waals surface area contributed by atoms with E-state index >= 15 is 0 Å². The van der Waals surface area contributed by atoms with Crippen molar-refractivity contribution in [2.45, 2.75) is 26.8 Å². The third kappa shape index (κ3) is 6.00. The Morgan fingerprint density at radius 1 is 1.38 bits per heavy atom. The molecule has 0 heterocycles. The smallest absolute Gasteiger partial charge is 0.325 e. The van der Waals surface area contributed by atoms with E-state index < -0.39 is 5.97 Å². The number of hydrogen-bond donors (Lipinski definition) is 0. The quantitative estimate of drug-likeness (QED) is 0.599. The highest BCUT2D eigenvalue weighted by Gasteiger charge is 2.18. The summed E-state index contributed by atoms with van der Waals surface area (Å²) in [6.07, 6.45) is 3.11. The number of carbonyl (C=O) groups excluding carboxylic acids is 2. The van der Waals surface area contributed by atoms with Crippen LogP contribution < -0.4 is 0 Å². The van der Waals surface area contributed by atoms with Crippen molar-refractivity contribution in [2.75, 3.05) is 13.2 Å². The minimum absolute atomic E-state index is 0.0514. The summed E-state index contributed by atoms with van der Waals surface area (Å²) < 4.78 is 4.88. The van der Waals surface area contributed by atoms with Gasteiger partial charge in [0.05, 0.1) is 6.61 Å².